The van der Waals surface area contributed by atoms with Crippen LogP contribution < -0.4 is 0 Å². The van der Waals surface area contributed by atoms with E-state index >= 15 is 0 Å². The molecule has 1 heterocycles. The van der Waals surface area contributed by atoms with E-state index < -0.39 is 9.84 Å². The third kappa shape index (κ3) is 3.30. The zero-order valence-electron chi connectivity index (χ0n) is 14.1. The fourth-order valence-corrected chi connectivity index (χ4v) is 3.69. The Balaban J connectivity index is 2.10. The molecule has 3 rings (SSSR count). The molecule has 0 aliphatic rings. The molecule has 0 aliphatic heterocycles. The average molecular weight is 356 g/mol. The van der Waals surface area contributed by atoms with Crippen molar-refractivity contribution in [3.05, 3.63) is 72.3 Å². The molecule has 0 spiro atoms. The average Bonchev–Trinajstić information content (AvgIpc) is 3.11. The summed E-state index contributed by atoms with van der Waals surface area (Å²) in [6, 6.07) is 14.2. The molecule has 5 nitrogen and oxygen atoms in total. The first kappa shape index (κ1) is 17.2. The van der Waals surface area contributed by atoms with E-state index in [2.05, 4.69) is 4.98 Å². The van der Waals surface area contributed by atoms with Crippen molar-refractivity contribution in [2.24, 2.45) is 0 Å². The number of benzene rings is 2. The van der Waals surface area contributed by atoms with Crippen LogP contribution >= 0.6 is 0 Å². The molecule has 2 aromatic carbocycles. The lowest BCUT2D eigenvalue weighted by Crippen LogP contribution is -2.08. The maximum Gasteiger partial charge on any atom is 0.178 e. The Morgan fingerprint density at radius 1 is 1.16 bits per heavy atom. The number of sulfone groups is 1. The molecule has 1 atom stereocenters. The minimum atomic E-state index is -3.36. The molecule has 25 heavy (non-hydrogen) atoms. The van der Waals surface area contributed by atoms with Crippen molar-refractivity contribution in [2.75, 3.05) is 5.75 Å². The number of phenols is 1. The van der Waals surface area contributed by atoms with Gasteiger partial charge in [-0.1, -0.05) is 44.2 Å². The molecule has 1 unspecified atom stereocenters. The van der Waals surface area contributed by atoms with Gasteiger partial charge in [-0.3, -0.25) is 4.57 Å². The monoisotopic (exact) mass is 356 g/mol. The highest BCUT2D eigenvalue weighted by atomic mass is 32.2. The molecule has 1 N–H and O–H groups in total. The van der Waals surface area contributed by atoms with Crippen LogP contribution in [0.15, 0.2) is 65.8 Å². The molecule has 130 valence electrons. The van der Waals surface area contributed by atoms with E-state index in [9.17, 15) is 13.5 Å². The van der Waals surface area contributed by atoms with Crippen LogP contribution in [0, 0.1) is 0 Å². The van der Waals surface area contributed by atoms with Gasteiger partial charge in [0.05, 0.1) is 16.3 Å². The number of phenolic OH excluding ortho intramolecular Hbond substituents is 1. The maximum atomic E-state index is 12.2. The van der Waals surface area contributed by atoms with Crippen LogP contribution in [0.1, 0.15) is 31.2 Å². The topological polar surface area (TPSA) is 72.2 Å². The molecule has 0 fully saturated rings. The summed E-state index contributed by atoms with van der Waals surface area (Å²) in [6.07, 6.45) is 3.38. The van der Waals surface area contributed by atoms with Gasteiger partial charge in [0.2, 0.25) is 0 Å². The van der Waals surface area contributed by atoms with E-state index in [0.29, 0.717) is 5.69 Å². The molecular formula is C19H20N2O3S. The van der Waals surface area contributed by atoms with Crippen molar-refractivity contribution in [3.8, 4) is 11.4 Å². The highest BCUT2D eigenvalue weighted by Gasteiger charge is 2.19. The Morgan fingerprint density at radius 3 is 2.56 bits per heavy atom. The molecule has 0 amide bonds. The Labute approximate surface area is 147 Å². The highest BCUT2D eigenvalue weighted by molar-refractivity contribution is 7.91. The zero-order valence-corrected chi connectivity index (χ0v) is 14.9. The Kier molecular flexibility index (Phi) is 4.63. The third-order valence-electron chi connectivity index (χ3n) is 4.30. The SMILES string of the molecule is CCS(=O)(=O)c1ccc(O)c(-n2ccnc2C(C)c2ccccc2)c1. The molecule has 0 aliphatic carbocycles. The van der Waals surface area contributed by atoms with Gasteiger partial charge in [0.25, 0.3) is 0 Å². The number of hydrogen-bond donors (Lipinski definition) is 1. The second kappa shape index (κ2) is 6.72. The van der Waals surface area contributed by atoms with Crippen LogP contribution in [-0.4, -0.2) is 28.8 Å². The van der Waals surface area contributed by atoms with Crippen molar-refractivity contribution in [1.29, 1.82) is 0 Å². The second-order valence-electron chi connectivity index (χ2n) is 5.84. The second-order valence-corrected chi connectivity index (χ2v) is 8.12. The maximum absolute atomic E-state index is 12.2. The van der Waals surface area contributed by atoms with Crippen LogP contribution in [0.5, 0.6) is 5.75 Å². The third-order valence-corrected chi connectivity index (χ3v) is 6.03. The first-order chi connectivity index (χ1) is 11.9. The van der Waals surface area contributed by atoms with Gasteiger partial charge in [-0.2, -0.15) is 0 Å². The quantitative estimate of drug-likeness (QED) is 0.759. The molecule has 0 saturated heterocycles. The fourth-order valence-electron chi connectivity index (χ4n) is 2.79. The lowest BCUT2D eigenvalue weighted by Gasteiger charge is -2.16. The summed E-state index contributed by atoms with van der Waals surface area (Å²) in [5.74, 6) is 0.734. The van der Waals surface area contributed by atoms with Crippen LogP contribution in [0.25, 0.3) is 5.69 Å². The number of nitrogens with zero attached hydrogens (tertiary/aromatic N) is 2. The summed E-state index contributed by atoms with van der Waals surface area (Å²) in [5, 5.41) is 10.3. The van der Waals surface area contributed by atoms with E-state index in [1.807, 2.05) is 37.3 Å². The van der Waals surface area contributed by atoms with E-state index in [4.69, 9.17) is 0 Å². The van der Waals surface area contributed by atoms with Crippen LogP contribution in [0.3, 0.4) is 0 Å². The van der Waals surface area contributed by atoms with Gasteiger partial charge in [-0.25, -0.2) is 13.4 Å². The van der Waals surface area contributed by atoms with Crippen LogP contribution in [0.2, 0.25) is 0 Å². The standard InChI is InChI=1S/C19H20N2O3S/c1-3-25(23,24)16-9-10-18(22)17(13-16)21-12-11-20-19(21)14(2)15-7-5-4-6-8-15/h4-14,22H,3H2,1-2H3. The lowest BCUT2D eigenvalue weighted by molar-refractivity contribution is 0.470. The molecule has 1 aromatic heterocycles. The molecule has 0 saturated carbocycles. The van der Waals surface area contributed by atoms with Crippen LogP contribution in [-0.2, 0) is 9.84 Å². The number of imidazole rings is 1. The summed E-state index contributed by atoms with van der Waals surface area (Å²) < 4.78 is 26.1. The summed E-state index contributed by atoms with van der Waals surface area (Å²) in [4.78, 5) is 4.61. The van der Waals surface area contributed by atoms with E-state index in [1.54, 1.807) is 23.9 Å². The van der Waals surface area contributed by atoms with Crippen molar-refractivity contribution in [3.63, 3.8) is 0 Å². The minimum Gasteiger partial charge on any atom is -0.506 e. The predicted molar refractivity (Wildman–Crippen MR) is 96.9 cm³/mol. The first-order valence-electron chi connectivity index (χ1n) is 8.08. The summed E-state index contributed by atoms with van der Waals surface area (Å²) in [7, 11) is -3.36. The van der Waals surface area contributed by atoms with Crippen molar-refractivity contribution < 1.29 is 13.5 Å². The van der Waals surface area contributed by atoms with Crippen LogP contribution in [0.4, 0.5) is 0 Å². The largest absolute Gasteiger partial charge is 0.506 e. The Bertz CT molecular complexity index is 979. The number of aromatic hydroxyl groups is 1. The zero-order chi connectivity index (χ0) is 18.0. The highest BCUT2D eigenvalue weighted by Crippen LogP contribution is 2.30. The predicted octanol–water partition coefficient (Wildman–Crippen LogP) is 3.52. The van der Waals surface area contributed by atoms with E-state index in [1.165, 1.54) is 18.2 Å². The summed E-state index contributed by atoms with van der Waals surface area (Å²) in [5.41, 5.74) is 1.50. The summed E-state index contributed by atoms with van der Waals surface area (Å²) >= 11 is 0. The summed E-state index contributed by atoms with van der Waals surface area (Å²) in [6.45, 7) is 3.62. The number of aromatic nitrogens is 2. The van der Waals surface area contributed by atoms with E-state index in [-0.39, 0.29) is 22.3 Å². The normalized spacial score (nSPS) is 12.9. The molecule has 6 heteroatoms. The number of rotatable bonds is 5. The Morgan fingerprint density at radius 2 is 1.88 bits per heavy atom. The Hall–Kier alpha value is -2.60. The van der Waals surface area contributed by atoms with Crippen molar-refractivity contribution >= 4 is 9.84 Å². The smallest absolute Gasteiger partial charge is 0.178 e. The molecular weight excluding hydrogens is 336 g/mol. The molecule has 0 bridgehead atoms. The molecule has 0 radical (unpaired) electrons. The first-order valence-corrected chi connectivity index (χ1v) is 9.73. The van der Waals surface area contributed by atoms with Gasteiger partial charge in [0.1, 0.15) is 11.6 Å². The minimum absolute atomic E-state index is 0.00835. The lowest BCUT2D eigenvalue weighted by atomic mass is 10.0. The van der Waals surface area contributed by atoms with Gasteiger partial charge >= 0.3 is 0 Å². The molecule has 3 aromatic rings. The van der Waals surface area contributed by atoms with Gasteiger partial charge < -0.3 is 5.11 Å². The van der Waals surface area contributed by atoms with Gasteiger partial charge in [-0.15, -0.1) is 0 Å². The van der Waals surface area contributed by atoms with Crippen molar-refractivity contribution in [1.82, 2.24) is 9.55 Å². The number of hydrogen-bond acceptors (Lipinski definition) is 4. The fraction of sp³-hybridized carbons (Fsp3) is 0.211. The van der Waals surface area contributed by atoms with Gasteiger partial charge in [0, 0.05) is 18.3 Å². The van der Waals surface area contributed by atoms with Gasteiger partial charge in [0.15, 0.2) is 9.84 Å². The van der Waals surface area contributed by atoms with E-state index in [0.717, 1.165) is 11.4 Å². The van der Waals surface area contributed by atoms with Crippen molar-refractivity contribution in [2.45, 2.75) is 24.7 Å². The van der Waals surface area contributed by atoms with Gasteiger partial charge in [-0.05, 0) is 23.8 Å².